The molecule has 0 spiro atoms. The van der Waals surface area contributed by atoms with Crippen LogP contribution < -0.4 is 5.73 Å². The van der Waals surface area contributed by atoms with Crippen molar-refractivity contribution >= 4 is 5.82 Å². The molecule has 0 bridgehead atoms. The summed E-state index contributed by atoms with van der Waals surface area (Å²) in [7, 11) is 0. The molecule has 0 aliphatic heterocycles. The summed E-state index contributed by atoms with van der Waals surface area (Å²) in [5.74, 6) is -0.0711. The summed E-state index contributed by atoms with van der Waals surface area (Å²) in [6.45, 7) is 5.97. The molecule has 0 aromatic carbocycles. The summed E-state index contributed by atoms with van der Waals surface area (Å²) >= 11 is 0. The van der Waals surface area contributed by atoms with Gasteiger partial charge in [-0.25, -0.2) is 9.07 Å². The van der Waals surface area contributed by atoms with Crippen LogP contribution in [0, 0.1) is 5.82 Å². The third-order valence-electron chi connectivity index (χ3n) is 2.34. The number of anilines is 1. The van der Waals surface area contributed by atoms with Gasteiger partial charge in [0.2, 0.25) is 0 Å². The Morgan fingerprint density at radius 2 is 2.00 bits per heavy atom. The first-order valence-electron chi connectivity index (χ1n) is 5.22. The first kappa shape index (κ1) is 11.5. The zero-order valence-electron chi connectivity index (χ0n) is 9.98. The average molecular weight is 235 g/mol. The van der Waals surface area contributed by atoms with Crippen LogP contribution in [0.15, 0.2) is 18.5 Å². The van der Waals surface area contributed by atoms with Gasteiger partial charge in [-0.05, 0) is 0 Å². The van der Waals surface area contributed by atoms with Gasteiger partial charge in [-0.2, -0.15) is 0 Å². The van der Waals surface area contributed by atoms with E-state index in [1.165, 1.54) is 16.9 Å². The Morgan fingerprint density at radius 3 is 2.59 bits per heavy atom. The lowest BCUT2D eigenvalue weighted by Crippen LogP contribution is -2.19. The highest BCUT2D eigenvalue weighted by Crippen LogP contribution is 2.28. The van der Waals surface area contributed by atoms with E-state index in [1.54, 1.807) is 0 Å². The Labute approximate surface area is 98.5 Å². The second-order valence-electron chi connectivity index (χ2n) is 4.85. The fourth-order valence-electron chi connectivity index (χ4n) is 1.69. The Balaban J connectivity index is 2.61. The number of hydrogen-bond acceptors (Lipinski definition) is 4. The molecule has 0 radical (unpaired) electrons. The highest BCUT2D eigenvalue weighted by atomic mass is 19.1. The molecule has 2 heterocycles. The molecular weight excluding hydrogens is 221 g/mol. The van der Waals surface area contributed by atoms with Gasteiger partial charge in [-0.1, -0.05) is 26.0 Å². The van der Waals surface area contributed by atoms with Gasteiger partial charge in [0.05, 0.1) is 23.8 Å². The maximum atomic E-state index is 13.1. The van der Waals surface area contributed by atoms with E-state index in [0.717, 1.165) is 11.9 Å². The molecule has 17 heavy (non-hydrogen) atoms. The monoisotopic (exact) mass is 235 g/mol. The minimum atomic E-state index is -0.420. The summed E-state index contributed by atoms with van der Waals surface area (Å²) in [5, 5.41) is 7.76. The van der Waals surface area contributed by atoms with Crippen LogP contribution in [0.5, 0.6) is 0 Å². The molecule has 2 N–H and O–H groups in total. The number of hydrogen-bond donors (Lipinski definition) is 1. The lowest BCUT2D eigenvalue weighted by Gasteiger charge is -2.19. The number of aromatic nitrogens is 4. The number of nitrogens with zero attached hydrogens (tertiary/aromatic N) is 4. The lowest BCUT2D eigenvalue weighted by molar-refractivity contribution is 0.541. The van der Waals surface area contributed by atoms with E-state index in [9.17, 15) is 4.39 Å². The normalized spacial score (nSPS) is 11.8. The second-order valence-corrected chi connectivity index (χ2v) is 4.85. The van der Waals surface area contributed by atoms with Gasteiger partial charge in [-0.3, -0.25) is 4.98 Å². The Morgan fingerprint density at radius 1 is 1.29 bits per heavy atom. The minimum absolute atomic E-state index is 0.236. The highest BCUT2D eigenvalue weighted by Gasteiger charge is 2.25. The molecule has 2 aromatic heterocycles. The number of nitrogen functional groups attached to an aromatic ring is 1. The molecular formula is C11H14FN5. The van der Waals surface area contributed by atoms with Gasteiger partial charge in [0.1, 0.15) is 5.82 Å². The Bertz CT molecular complexity index is 541. The number of nitrogens with two attached hydrogens (primary N) is 1. The summed E-state index contributed by atoms with van der Waals surface area (Å²) in [6.07, 6.45) is 2.66. The predicted molar refractivity (Wildman–Crippen MR) is 62.2 cm³/mol. The van der Waals surface area contributed by atoms with Crippen LogP contribution in [0.25, 0.3) is 5.69 Å². The summed E-state index contributed by atoms with van der Waals surface area (Å²) in [4.78, 5) is 3.79. The van der Waals surface area contributed by atoms with Crippen LogP contribution in [0.3, 0.4) is 0 Å². The summed E-state index contributed by atoms with van der Waals surface area (Å²) in [6, 6.07) is 1.34. The molecule has 0 atom stereocenters. The van der Waals surface area contributed by atoms with Crippen molar-refractivity contribution in [2.24, 2.45) is 0 Å². The summed E-state index contributed by atoms with van der Waals surface area (Å²) in [5.41, 5.74) is 6.81. The van der Waals surface area contributed by atoms with Crippen molar-refractivity contribution in [2.45, 2.75) is 26.2 Å². The number of pyridine rings is 1. The zero-order valence-corrected chi connectivity index (χ0v) is 9.98. The average Bonchev–Trinajstić information content (AvgIpc) is 2.59. The van der Waals surface area contributed by atoms with E-state index in [-0.39, 0.29) is 5.41 Å². The van der Waals surface area contributed by atoms with Gasteiger partial charge in [-0.15, -0.1) is 5.10 Å². The van der Waals surface area contributed by atoms with Crippen molar-refractivity contribution in [1.29, 1.82) is 0 Å². The molecule has 0 saturated carbocycles. The first-order valence-corrected chi connectivity index (χ1v) is 5.22. The van der Waals surface area contributed by atoms with Crippen LogP contribution in [0.2, 0.25) is 0 Å². The standard InChI is InChI=1S/C11H14FN5/c1-11(2,3)9-10(13)15-16-17(9)8-4-7(12)5-14-6-8/h4-6H,13H2,1-3H3. The molecule has 2 aromatic rings. The quantitative estimate of drug-likeness (QED) is 0.816. The van der Waals surface area contributed by atoms with Crippen molar-refractivity contribution in [2.75, 3.05) is 5.73 Å². The van der Waals surface area contributed by atoms with Crippen molar-refractivity contribution in [3.63, 3.8) is 0 Å². The fourth-order valence-corrected chi connectivity index (χ4v) is 1.69. The topological polar surface area (TPSA) is 69.6 Å². The van der Waals surface area contributed by atoms with E-state index in [0.29, 0.717) is 11.5 Å². The first-order chi connectivity index (χ1) is 7.89. The van der Waals surface area contributed by atoms with Crippen molar-refractivity contribution in [3.8, 4) is 5.69 Å². The lowest BCUT2D eigenvalue weighted by atomic mass is 9.92. The molecule has 0 aliphatic carbocycles. The zero-order chi connectivity index (χ0) is 12.6. The second kappa shape index (κ2) is 3.80. The van der Waals surface area contributed by atoms with Crippen molar-refractivity contribution in [1.82, 2.24) is 20.0 Å². The van der Waals surface area contributed by atoms with Gasteiger partial charge in [0, 0.05) is 11.5 Å². The van der Waals surface area contributed by atoms with Crippen molar-refractivity contribution < 1.29 is 4.39 Å². The summed E-state index contributed by atoms with van der Waals surface area (Å²) < 4.78 is 14.7. The van der Waals surface area contributed by atoms with Crippen LogP contribution >= 0.6 is 0 Å². The molecule has 90 valence electrons. The largest absolute Gasteiger partial charge is 0.381 e. The highest BCUT2D eigenvalue weighted by molar-refractivity contribution is 5.43. The van der Waals surface area contributed by atoms with Gasteiger partial charge < -0.3 is 5.73 Å². The minimum Gasteiger partial charge on any atom is -0.381 e. The predicted octanol–water partition coefficient (Wildman–Crippen LogP) is 1.68. The van der Waals surface area contributed by atoms with Gasteiger partial charge >= 0.3 is 0 Å². The smallest absolute Gasteiger partial charge is 0.170 e. The SMILES string of the molecule is CC(C)(C)c1c(N)nnn1-c1cncc(F)c1. The van der Waals surface area contributed by atoms with E-state index in [2.05, 4.69) is 15.3 Å². The molecule has 6 heteroatoms. The van der Waals surface area contributed by atoms with Gasteiger partial charge in [0.15, 0.2) is 5.82 Å². The fraction of sp³-hybridized carbons (Fsp3) is 0.364. The third-order valence-corrected chi connectivity index (χ3v) is 2.34. The van der Waals surface area contributed by atoms with Crippen LogP contribution in [-0.4, -0.2) is 20.0 Å². The van der Waals surface area contributed by atoms with Crippen molar-refractivity contribution in [3.05, 3.63) is 30.0 Å². The number of halogens is 1. The maximum absolute atomic E-state index is 13.1. The third kappa shape index (κ3) is 2.11. The molecule has 0 fully saturated rings. The molecule has 5 nitrogen and oxygen atoms in total. The van der Waals surface area contributed by atoms with Gasteiger partial charge in [0.25, 0.3) is 0 Å². The Hall–Kier alpha value is -1.98. The van der Waals surface area contributed by atoms with E-state index >= 15 is 0 Å². The van der Waals surface area contributed by atoms with Crippen LogP contribution in [0.1, 0.15) is 26.5 Å². The van der Waals surface area contributed by atoms with Crippen LogP contribution in [-0.2, 0) is 5.41 Å². The molecule has 2 rings (SSSR count). The molecule has 0 amide bonds. The number of rotatable bonds is 1. The van der Waals surface area contributed by atoms with E-state index in [4.69, 9.17) is 5.73 Å². The van der Waals surface area contributed by atoms with E-state index in [1.807, 2.05) is 20.8 Å². The van der Waals surface area contributed by atoms with E-state index < -0.39 is 5.82 Å². The molecule has 0 saturated heterocycles. The van der Waals surface area contributed by atoms with Crippen LogP contribution in [0.4, 0.5) is 10.2 Å². The Kier molecular flexibility index (Phi) is 2.57. The molecule has 0 aliphatic rings. The maximum Gasteiger partial charge on any atom is 0.170 e. The molecule has 0 unspecified atom stereocenters.